The Labute approximate surface area is 113 Å². The van der Waals surface area contributed by atoms with Crippen LogP contribution in [0.2, 0.25) is 0 Å². The Morgan fingerprint density at radius 2 is 1.32 bits per heavy atom. The van der Waals surface area contributed by atoms with E-state index in [1.54, 1.807) is 0 Å². The zero-order chi connectivity index (χ0) is 13.4. The number of benzene rings is 2. The molecular weight excluding hydrogens is 236 g/mol. The van der Waals surface area contributed by atoms with Crippen molar-refractivity contribution in [3.05, 3.63) is 48.5 Å². The Morgan fingerprint density at radius 1 is 0.895 bits per heavy atom. The molecule has 0 saturated carbocycles. The van der Waals surface area contributed by atoms with Crippen molar-refractivity contribution >= 4 is 22.7 Å². The molecule has 3 rings (SSSR count). The number of para-hydroxylation sites is 4. The van der Waals surface area contributed by atoms with Crippen molar-refractivity contribution in [1.82, 2.24) is 0 Å². The van der Waals surface area contributed by atoms with Gasteiger partial charge < -0.3 is 14.9 Å². The van der Waals surface area contributed by atoms with Gasteiger partial charge >= 0.3 is 0 Å². The van der Waals surface area contributed by atoms with E-state index in [9.17, 15) is 5.11 Å². The van der Waals surface area contributed by atoms with E-state index in [0.717, 1.165) is 22.7 Å². The first kappa shape index (κ1) is 12.1. The van der Waals surface area contributed by atoms with Crippen molar-refractivity contribution < 1.29 is 5.11 Å². The first-order chi connectivity index (χ1) is 9.24. The van der Waals surface area contributed by atoms with Crippen LogP contribution < -0.4 is 9.80 Å². The average Bonchev–Trinajstić information content (AvgIpc) is 2.47. The van der Waals surface area contributed by atoms with Gasteiger partial charge in [0.1, 0.15) is 6.23 Å². The minimum Gasteiger partial charge on any atom is -0.373 e. The van der Waals surface area contributed by atoms with Crippen molar-refractivity contribution in [1.29, 1.82) is 0 Å². The van der Waals surface area contributed by atoms with E-state index >= 15 is 0 Å². The molecule has 0 aromatic heterocycles. The van der Waals surface area contributed by atoms with Gasteiger partial charge in [0.05, 0.1) is 22.7 Å². The first-order valence-corrected chi connectivity index (χ1v) is 6.63. The summed E-state index contributed by atoms with van der Waals surface area (Å²) in [6.45, 7) is 1.99. The molecule has 0 saturated heterocycles. The van der Waals surface area contributed by atoms with Gasteiger partial charge in [0.15, 0.2) is 0 Å². The normalized spacial score (nSPS) is 14.9. The Morgan fingerprint density at radius 3 is 1.74 bits per heavy atom. The molecule has 3 nitrogen and oxygen atoms in total. The van der Waals surface area contributed by atoms with Crippen molar-refractivity contribution in [2.45, 2.75) is 19.6 Å². The second-order valence-electron chi connectivity index (χ2n) is 4.80. The molecule has 2 aromatic carbocycles. The van der Waals surface area contributed by atoms with Crippen LogP contribution >= 0.6 is 0 Å². The summed E-state index contributed by atoms with van der Waals surface area (Å²) in [5.74, 6) is 0. The summed E-state index contributed by atoms with van der Waals surface area (Å²) in [6, 6.07) is 16.4. The summed E-state index contributed by atoms with van der Waals surface area (Å²) in [6.07, 6.45) is 0.183. The Hall–Kier alpha value is -2.00. The first-order valence-electron chi connectivity index (χ1n) is 6.63. The van der Waals surface area contributed by atoms with Crippen LogP contribution in [-0.4, -0.2) is 18.4 Å². The third-order valence-corrected chi connectivity index (χ3v) is 3.67. The standard InChI is InChI=1S/C16H18N2O/c1-3-16(19)18-14-10-6-4-8-12(14)17(2)13-9-5-7-11-15(13)18/h4-11,16,19H,3H2,1-2H3. The molecule has 0 fully saturated rings. The van der Waals surface area contributed by atoms with Crippen LogP contribution in [0.25, 0.3) is 0 Å². The minimum absolute atomic E-state index is 0.504. The van der Waals surface area contributed by atoms with Gasteiger partial charge in [0.25, 0.3) is 0 Å². The maximum absolute atomic E-state index is 10.4. The second kappa shape index (κ2) is 4.59. The Kier molecular flexibility index (Phi) is 2.91. The van der Waals surface area contributed by atoms with E-state index in [1.807, 2.05) is 36.1 Å². The molecule has 0 amide bonds. The fourth-order valence-corrected chi connectivity index (χ4v) is 2.67. The lowest BCUT2D eigenvalue weighted by Gasteiger charge is -2.40. The average molecular weight is 254 g/mol. The van der Waals surface area contributed by atoms with Crippen molar-refractivity contribution in [3.8, 4) is 0 Å². The van der Waals surface area contributed by atoms with Gasteiger partial charge in [-0.05, 0) is 30.7 Å². The summed E-state index contributed by atoms with van der Waals surface area (Å²) in [5, 5.41) is 10.4. The number of aliphatic hydroxyl groups is 1. The molecule has 1 atom stereocenters. The zero-order valence-corrected chi connectivity index (χ0v) is 11.2. The molecule has 2 aromatic rings. The van der Waals surface area contributed by atoms with Gasteiger partial charge in [0, 0.05) is 7.05 Å². The molecule has 1 unspecified atom stereocenters. The van der Waals surface area contributed by atoms with Gasteiger partial charge in [-0.25, -0.2) is 0 Å². The number of aliphatic hydroxyl groups excluding tert-OH is 1. The van der Waals surface area contributed by atoms with Crippen LogP contribution in [0.1, 0.15) is 13.3 Å². The summed E-state index contributed by atoms with van der Waals surface area (Å²) in [4.78, 5) is 4.19. The van der Waals surface area contributed by atoms with Crippen molar-refractivity contribution in [3.63, 3.8) is 0 Å². The lowest BCUT2D eigenvalue weighted by Crippen LogP contribution is -2.35. The van der Waals surface area contributed by atoms with Crippen LogP contribution in [0.5, 0.6) is 0 Å². The van der Waals surface area contributed by atoms with E-state index < -0.39 is 6.23 Å². The maximum Gasteiger partial charge on any atom is 0.131 e. The van der Waals surface area contributed by atoms with Crippen molar-refractivity contribution in [2.24, 2.45) is 0 Å². The summed E-state index contributed by atoms with van der Waals surface area (Å²) < 4.78 is 0. The van der Waals surface area contributed by atoms with Crippen LogP contribution in [0, 0.1) is 0 Å². The quantitative estimate of drug-likeness (QED) is 0.886. The topological polar surface area (TPSA) is 26.7 Å². The van der Waals surface area contributed by atoms with E-state index in [1.165, 1.54) is 0 Å². The number of nitrogens with zero attached hydrogens (tertiary/aromatic N) is 2. The van der Waals surface area contributed by atoms with Crippen molar-refractivity contribution in [2.75, 3.05) is 16.8 Å². The minimum atomic E-state index is -0.504. The van der Waals surface area contributed by atoms with Gasteiger partial charge in [0.2, 0.25) is 0 Å². The fourth-order valence-electron chi connectivity index (χ4n) is 2.67. The zero-order valence-electron chi connectivity index (χ0n) is 11.2. The lowest BCUT2D eigenvalue weighted by molar-refractivity contribution is 0.176. The monoisotopic (exact) mass is 254 g/mol. The van der Waals surface area contributed by atoms with Gasteiger partial charge in [-0.2, -0.15) is 0 Å². The molecule has 0 bridgehead atoms. The SMILES string of the molecule is CCC(O)N1c2ccccc2N(C)c2ccccc21. The molecular formula is C16H18N2O. The highest BCUT2D eigenvalue weighted by atomic mass is 16.3. The highest BCUT2D eigenvalue weighted by molar-refractivity contribution is 5.92. The Balaban J connectivity index is 2.23. The number of hydrogen-bond acceptors (Lipinski definition) is 3. The third-order valence-electron chi connectivity index (χ3n) is 3.67. The molecule has 19 heavy (non-hydrogen) atoms. The second-order valence-corrected chi connectivity index (χ2v) is 4.80. The highest BCUT2D eigenvalue weighted by Crippen LogP contribution is 2.47. The molecule has 0 radical (unpaired) electrons. The number of fused-ring (bicyclic) bond motifs is 2. The predicted molar refractivity (Wildman–Crippen MR) is 79.4 cm³/mol. The molecule has 1 aliphatic rings. The molecule has 0 aliphatic carbocycles. The molecule has 3 heteroatoms. The molecule has 1 N–H and O–H groups in total. The summed E-state index contributed by atoms with van der Waals surface area (Å²) in [5.41, 5.74) is 4.35. The summed E-state index contributed by atoms with van der Waals surface area (Å²) in [7, 11) is 2.06. The largest absolute Gasteiger partial charge is 0.373 e. The van der Waals surface area contributed by atoms with E-state index in [-0.39, 0.29) is 0 Å². The van der Waals surface area contributed by atoms with Gasteiger partial charge in [-0.3, -0.25) is 0 Å². The number of hydrogen-bond donors (Lipinski definition) is 1. The highest BCUT2D eigenvalue weighted by Gasteiger charge is 2.28. The third kappa shape index (κ3) is 1.78. The summed E-state index contributed by atoms with van der Waals surface area (Å²) >= 11 is 0. The fraction of sp³-hybridized carbons (Fsp3) is 0.250. The Bertz CT molecular complexity index is 549. The predicted octanol–water partition coefficient (Wildman–Crippen LogP) is 3.63. The number of rotatable bonds is 2. The van der Waals surface area contributed by atoms with E-state index in [4.69, 9.17) is 0 Å². The van der Waals surface area contributed by atoms with E-state index in [0.29, 0.717) is 6.42 Å². The van der Waals surface area contributed by atoms with Gasteiger partial charge in [-0.1, -0.05) is 31.2 Å². The maximum atomic E-state index is 10.4. The van der Waals surface area contributed by atoms with Crippen LogP contribution in [0.15, 0.2) is 48.5 Å². The van der Waals surface area contributed by atoms with Gasteiger partial charge in [-0.15, -0.1) is 0 Å². The number of anilines is 4. The lowest BCUT2D eigenvalue weighted by atomic mass is 10.1. The molecule has 0 spiro atoms. The smallest absolute Gasteiger partial charge is 0.131 e. The van der Waals surface area contributed by atoms with E-state index in [2.05, 4.69) is 36.2 Å². The van der Waals surface area contributed by atoms with Crippen LogP contribution in [0.4, 0.5) is 22.7 Å². The molecule has 1 aliphatic heterocycles. The molecule has 1 heterocycles. The van der Waals surface area contributed by atoms with Crippen LogP contribution in [-0.2, 0) is 0 Å². The van der Waals surface area contributed by atoms with Crippen LogP contribution in [0.3, 0.4) is 0 Å². The molecule has 98 valence electrons.